The van der Waals surface area contributed by atoms with Gasteiger partial charge in [0.15, 0.2) is 0 Å². The van der Waals surface area contributed by atoms with E-state index in [0.717, 1.165) is 33.9 Å². The minimum atomic E-state index is -0.249. The number of rotatable bonds is 5. The second kappa shape index (κ2) is 8.81. The molecule has 1 N–H and O–H groups in total. The lowest BCUT2D eigenvalue weighted by molar-refractivity contribution is 0.624. The lowest BCUT2D eigenvalue weighted by Crippen LogP contribution is -2.18. The fraction of sp³-hybridized carbons (Fsp3) is 0.0769. The van der Waals surface area contributed by atoms with Crippen LogP contribution in [0.3, 0.4) is 0 Å². The molecule has 0 aliphatic carbocycles. The average Bonchev–Trinajstić information content (AvgIpc) is 3.26. The van der Waals surface area contributed by atoms with Crippen LogP contribution < -0.4 is 10.3 Å². The predicted octanol–water partition coefficient (Wildman–Crippen LogP) is 6.97. The molecular weight excluding hydrogens is 423 g/mol. The van der Waals surface area contributed by atoms with E-state index in [-0.39, 0.29) is 11.9 Å². The molecule has 0 saturated heterocycles. The monoisotopic (exact) mass is 442 g/mol. The van der Waals surface area contributed by atoms with Crippen LogP contribution in [0.2, 0.25) is 5.02 Å². The van der Waals surface area contributed by atoms with E-state index in [1.807, 2.05) is 65.7 Å². The molecule has 0 radical (unpaired) electrons. The van der Waals surface area contributed by atoms with Crippen molar-refractivity contribution < 1.29 is 4.39 Å². The molecule has 5 rings (SSSR count). The lowest BCUT2D eigenvalue weighted by atomic mass is 9.98. The van der Waals surface area contributed by atoms with Gasteiger partial charge in [-0.2, -0.15) is 5.10 Å². The van der Waals surface area contributed by atoms with Gasteiger partial charge >= 0.3 is 0 Å². The average molecular weight is 443 g/mol. The molecule has 32 heavy (non-hydrogen) atoms. The molecule has 0 amide bonds. The highest BCUT2D eigenvalue weighted by molar-refractivity contribution is 6.30. The van der Waals surface area contributed by atoms with Crippen LogP contribution in [0.15, 0.2) is 102 Å². The van der Waals surface area contributed by atoms with Gasteiger partial charge in [-0.25, -0.2) is 4.39 Å². The van der Waals surface area contributed by atoms with E-state index in [1.54, 1.807) is 12.4 Å². The number of aromatic nitrogens is 1. The number of anilines is 3. The molecule has 1 aliphatic rings. The Morgan fingerprint density at radius 1 is 0.875 bits per heavy atom. The third kappa shape index (κ3) is 4.34. The zero-order chi connectivity index (χ0) is 21.9. The van der Waals surface area contributed by atoms with Crippen molar-refractivity contribution in [2.75, 3.05) is 10.3 Å². The van der Waals surface area contributed by atoms with Gasteiger partial charge in [0, 0.05) is 35.2 Å². The van der Waals surface area contributed by atoms with Gasteiger partial charge in [0.1, 0.15) is 5.82 Å². The summed E-state index contributed by atoms with van der Waals surface area (Å²) in [5, 5.41) is 11.0. The third-order valence-electron chi connectivity index (χ3n) is 5.42. The molecule has 0 bridgehead atoms. The van der Waals surface area contributed by atoms with Crippen molar-refractivity contribution in [3.63, 3.8) is 0 Å². The van der Waals surface area contributed by atoms with Gasteiger partial charge in [-0.05, 0) is 71.8 Å². The Bertz CT molecular complexity index is 1240. The summed E-state index contributed by atoms with van der Waals surface area (Å²) in [6.45, 7) is 0. The summed E-state index contributed by atoms with van der Waals surface area (Å²) in [4.78, 5) is 4.06. The Morgan fingerprint density at radius 2 is 1.62 bits per heavy atom. The van der Waals surface area contributed by atoms with E-state index >= 15 is 0 Å². The van der Waals surface area contributed by atoms with Crippen molar-refractivity contribution in [3.8, 4) is 0 Å². The van der Waals surface area contributed by atoms with Gasteiger partial charge in [0.05, 0.1) is 17.4 Å². The zero-order valence-corrected chi connectivity index (χ0v) is 17.9. The SMILES string of the molecule is Fc1ccc(C2CC(c3cccc(Nc4ccncc4)c3)=NN2c2ccc(Cl)cc2)cc1. The van der Waals surface area contributed by atoms with Crippen molar-refractivity contribution in [2.24, 2.45) is 5.10 Å². The quantitative estimate of drug-likeness (QED) is 0.362. The summed E-state index contributed by atoms with van der Waals surface area (Å²) < 4.78 is 13.5. The molecule has 1 aromatic heterocycles. The van der Waals surface area contributed by atoms with Gasteiger partial charge in [0.2, 0.25) is 0 Å². The highest BCUT2D eigenvalue weighted by Crippen LogP contribution is 2.37. The first-order chi connectivity index (χ1) is 15.7. The van der Waals surface area contributed by atoms with Crippen LogP contribution in [-0.2, 0) is 0 Å². The first-order valence-corrected chi connectivity index (χ1v) is 10.7. The number of hydrogen-bond acceptors (Lipinski definition) is 4. The fourth-order valence-corrected chi connectivity index (χ4v) is 3.97. The minimum absolute atomic E-state index is 0.0383. The van der Waals surface area contributed by atoms with Crippen molar-refractivity contribution in [1.82, 2.24) is 4.98 Å². The number of pyridine rings is 1. The number of hydrazone groups is 1. The highest BCUT2D eigenvalue weighted by Gasteiger charge is 2.30. The summed E-state index contributed by atoms with van der Waals surface area (Å²) in [6, 6.07) is 26.2. The molecule has 1 atom stereocenters. The summed E-state index contributed by atoms with van der Waals surface area (Å²) in [7, 11) is 0. The number of halogens is 2. The lowest BCUT2D eigenvalue weighted by Gasteiger charge is -2.24. The number of nitrogens with one attached hydrogen (secondary N) is 1. The van der Waals surface area contributed by atoms with Crippen molar-refractivity contribution in [2.45, 2.75) is 12.5 Å². The van der Waals surface area contributed by atoms with Crippen LogP contribution in [-0.4, -0.2) is 10.7 Å². The predicted molar refractivity (Wildman–Crippen MR) is 128 cm³/mol. The van der Waals surface area contributed by atoms with E-state index in [1.165, 1.54) is 12.1 Å². The molecule has 3 aromatic carbocycles. The standard InChI is InChI=1S/C26H20ClFN4/c27-20-6-10-24(11-7-20)32-26(18-4-8-21(28)9-5-18)17-25(31-32)19-2-1-3-23(16-19)30-22-12-14-29-15-13-22/h1-16,26H,17H2,(H,29,30). The van der Waals surface area contributed by atoms with E-state index in [2.05, 4.69) is 22.4 Å². The highest BCUT2D eigenvalue weighted by atomic mass is 35.5. The van der Waals surface area contributed by atoms with Crippen molar-refractivity contribution >= 4 is 34.4 Å². The summed E-state index contributed by atoms with van der Waals surface area (Å²) in [5.74, 6) is -0.249. The summed E-state index contributed by atoms with van der Waals surface area (Å²) >= 11 is 6.09. The third-order valence-corrected chi connectivity index (χ3v) is 5.67. The maximum Gasteiger partial charge on any atom is 0.123 e. The summed E-state index contributed by atoms with van der Waals surface area (Å²) in [5.41, 5.74) is 5.88. The Kier molecular flexibility index (Phi) is 5.57. The molecule has 158 valence electrons. The maximum absolute atomic E-state index is 13.5. The normalized spacial score (nSPS) is 15.5. The number of hydrogen-bond donors (Lipinski definition) is 1. The molecule has 2 heterocycles. The zero-order valence-electron chi connectivity index (χ0n) is 17.1. The molecular formula is C26H20ClFN4. The van der Waals surface area contributed by atoms with E-state index in [4.69, 9.17) is 16.7 Å². The van der Waals surface area contributed by atoms with Crippen LogP contribution in [0.4, 0.5) is 21.5 Å². The smallest absolute Gasteiger partial charge is 0.123 e. The maximum atomic E-state index is 13.5. The van der Waals surface area contributed by atoms with Gasteiger partial charge < -0.3 is 5.32 Å². The van der Waals surface area contributed by atoms with Crippen molar-refractivity contribution in [1.29, 1.82) is 0 Å². The second-order valence-corrected chi connectivity index (χ2v) is 8.02. The van der Waals surface area contributed by atoms with Gasteiger partial charge in [-0.15, -0.1) is 0 Å². The topological polar surface area (TPSA) is 40.5 Å². The van der Waals surface area contributed by atoms with Crippen LogP contribution in [0.1, 0.15) is 23.6 Å². The molecule has 0 spiro atoms. The first kappa shape index (κ1) is 20.2. The molecule has 6 heteroatoms. The number of benzene rings is 3. The van der Waals surface area contributed by atoms with E-state index in [9.17, 15) is 4.39 Å². The molecule has 0 saturated carbocycles. The molecule has 1 unspecified atom stereocenters. The van der Waals surface area contributed by atoms with Gasteiger partial charge in [0.25, 0.3) is 0 Å². The number of nitrogens with zero attached hydrogens (tertiary/aromatic N) is 3. The Labute approximate surface area is 191 Å². The molecule has 4 aromatic rings. The van der Waals surface area contributed by atoms with Crippen LogP contribution in [0.25, 0.3) is 0 Å². The minimum Gasteiger partial charge on any atom is -0.355 e. The molecule has 0 fully saturated rings. The van der Waals surface area contributed by atoms with E-state index in [0.29, 0.717) is 11.4 Å². The van der Waals surface area contributed by atoms with Gasteiger partial charge in [-0.1, -0.05) is 35.9 Å². The van der Waals surface area contributed by atoms with E-state index < -0.39 is 0 Å². The summed E-state index contributed by atoms with van der Waals surface area (Å²) in [6.07, 6.45) is 4.21. The Morgan fingerprint density at radius 3 is 2.38 bits per heavy atom. The first-order valence-electron chi connectivity index (χ1n) is 10.3. The second-order valence-electron chi connectivity index (χ2n) is 7.58. The Balaban J connectivity index is 1.48. The van der Waals surface area contributed by atoms with Gasteiger partial charge in [-0.3, -0.25) is 9.99 Å². The fourth-order valence-electron chi connectivity index (χ4n) is 3.84. The van der Waals surface area contributed by atoms with Crippen LogP contribution in [0, 0.1) is 5.82 Å². The molecule has 4 nitrogen and oxygen atoms in total. The van der Waals surface area contributed by atoms with Crippen LogP contribution >= 0.6 is 11.6 Å². The van der Waals surface area contributed by atoms with Crippen molar-refractivity contribution in [3.05, 3.63) is 119 Å². The largest absolute Gasteiger partial charge is 0.355 e. The molecule has 1 aliphatic heterocycles. The van der Waals surface area contributed by atoms with Crippen LogP contribution in [0.5, 0.6) is 0 Å². The Hall–Kier alpha value is -3.70.